The average molecular weight is 426 g/mol. The molecule has 25 heavy (non-hydrogen) atoms. The van der Waals surface area contributed by atoms with Crippen LogP contribution in [0.3, 0.4) is 0 Å². The maximum Gasteiger partial charge on any atom is 0.244 e. The standard InChI is InChI=1S/C16H13BrFN3O3S/c1-10(21-25(22,23)14-8-4-12(17)5-9-14)16-19-15(20-24-16)11-2-6-13(18)7-3-11/h2-10,21H,1H3. The molecule has 1 aromatic heterocycles. The summed E-state index contributed by atoms with van der Waals surface area (Å²) in [7, 11) is -3.73. The molecule has 1 atom stereocenters. The van der Waals surface area contributed by atoms with Crippen LogP contribution >= 0.6 is 15.9 Å². The Morgan fingerprint density at radius 3 is 2.40 bits per heavy atom. The summed E-state index contributed by atoms with van der Waals surface area (Å²) < 4.78 is 46.1. The predicted octanol–water partition coefficient (Wildman–Crippen LogP) is 3.68. The van der Waals surface area contributed by atoms with Gasteiger partial charge < -0.3 is 4.52 Å². The lowest BCUT2D eigenvalue weighted by Crippen LogP contribution is -2.27. The van der Waals surface area contributed by atoms with Gasteiger partial charge >= 0.3 is 0 Å². The van der Waals surface area contributed by atoms with Crippen LogP contribution in [0.1, 0.15) is 18.9 Å². The summed E-state index contributed by atoms with van der Waals surface area (Å²) in [5.41, 5.74) is 0.569. The molecule has 0 bridgehead atoms. The van der Waals surface area contributed by atoms with E-state index < -0.39 is 16.1 Å². The van der Waals surface area contributed by atoms with E-state index in [1.165, 1.54) is 36.4 Å². The molecule has 2 aromatic carbocycles. The maximum absolute atomic E-state index is 13.0. The van der Waals surface area contributed by atoms with Crippen LogP contribution in [0.15, 0.2) is 62.4 Å². The van der Waals surface area contributed by atoms with Crippen LogP contribution in [0, 0.1) is 5.82 Å². The number of nitrogens with one attached hydrogen (secondary N) is 1. The van der Waals surface area contributed by atoms with E-state index in [4.69, 9.17) is 4.52 Å². The fourth-order valence-corrected chi connectivity index (χ4v) is 3.55. The first-order chi connectivity index (χ1) is 11.8. The van der Waals surface area contributed by atoms with Crippen LogP contribution in [0.2, 0.25) is 0 Å². The van der Waals surface area contributed by atoms with Gasteiger partial charge in [0.1, 0.15) is 5.82 Å². The highest BCUT2D eigenvalue weighted by Gasteiger charge is 2.22. The quantitative estimate of drug-likeness (QED) is 0.673. The van der Waals surface area contributed by atoms with Crippen LogP contribution < -0.4 is 4.72 Å². The summed E-state index contributed by atoms with van der Waals surface area (Å²) in [6, 6.07) is 11.1. The molecule has 0 aliphatic carbocycles. The molecule has 9 heteroatoms. The van der Waals surface area contributed by atoms with Gasteiger partial charge in [-0.25, -0.2) is 12.8 Å². The number of aromatic nitrogens is 2. The second-order valence-electron chi connectivity index (χ2n) is 5.26. The van der Waals surface area contributed by atoms with Crippen LogP contribution in [0.5, 0.6) is 0 Å². The van der Waals surface area contributed by atoms with E-state index in [9.17, 15) is 12.8 Å². The molecule has 0 aliphatic rings. The van der Waals surface area contributed by atoms with Crippen molar-refractivity contribution in [1.29, 1.82) is 0 Å². The van der Waals surface area contributed by atoms with Gasteiger partial charge in [-0.05, 0) is 55.5 Å². The number of hydrogen-bond donors (Lipinski definition) is 1. The average Bonchev–Trinajstić information content (AvgIpc) is 3.06. The van der Waals surface area contributed by atoms with Crippen molar-refractivity contribution in [3.63, 3.8) is 0 Å². The van der Waals surface area contributed by atoms with Gasteiger partial charge in [0.2, 0.25) is 21.7 Å². The monoisotopic (exact) mass is 425 g/mol. The first-order valence-electron chi connectivity index (χ1n) is 7.22. The Labute approximate surface area is 152 Å². The van der Waals surface area contributed by atoms with Gasteiger partial charge in [0, 0.05) is 10.0 Å². The molecule has 1 heterocycles. The highest BCUT2D eigenvalue weighted by Crippen LogP contribution is 2.21. The zero-order chi connectivity index (χ0) is 18.0. The summed E-state index contributed by atoms with van der Waals surface area (Å²) in [5.74, 6) is -0.00667. The van der Waals surface area contributed by atoms with Crippen molar-refractivity contribution in [1.82, 2.24) is 14.9 Å². The molecular formula is C16H13BrFN3O3S. The number of sulfonamides is 1. The van der Waals surface area contributed by atoms with E-state index in [-0.39, 0.29) is 22.4 Å². The minimum atomic E-state index is -3.73. The molecule has 0 radical (unpaired) electrons. The van der Waals surface area contributed by atoms with Crippen molar-refractivity contribution in [2.75, 3.05) is 0 Å². The van der Waals surface area contributed by atoms with E-state index in [2.05, 4.69) is 30.8 Å². The lowest BCUT2D eigenvalue weighted by molar-refractivity contribution is 0.354. The van der Waals surface area contributed by atoms with Gasteiger partial charge in [0.25, 0.3) is 0 Å². The summed E-state index contributed by atoms with van der Waals surface area (Å²) in [6.45, 7) is 1.60. The smallest absolute Gasteiger partial charge is 0.244 e. The third-order valence-corrected chi connectivity index (χ3v) is 5.46. The summed E-state index contributed by atoms with van der Waals surface area (Å²) in [6.07, 6.45) is 0. The van der Waals surface area contributed by atoms with E-state index in [1.807, 2.05) is 0 Å². The third-order valence-electron chi connectivity index (χ3n) is 3.37. The van der Waals surface area contributed by atoms with Crippen molar-refractivity contribution in [3.8, 4) is 11.4 Å². The first kappa shape index (κ1) is 17.7. The lowest BCUT2D eigenvalue weighted by Gasteiger charge is -2.10. The van der Waals surface area contributed by atoms with Gasteiger partial charge in [-0.3, -0.25) is 0 Å². The summed E-state index contributed by atoms with van der Waals surface area (Å²) in [5, 5.41) is 3.80. The molecule has 0 saturated heterocycles. The Hall–Kier alpha value is -2.10. The van der Waals surface area contributed by atoms with Crippen LogP contribution in [0.4, 0.5) is 4.39 Å². The fraction of sp³-hybridized carbons (Fsp3) is 0.125. The Balaban J connectivity index is 1.78. The highest BCUT2D eigenvalue weighted by molar-refractivity contribution is 9.10. The van der Waals surface area contributed by atoms with E-state index in [1.54, 1.807) is 19.1 Å². The van der Waals surface area contributed by atoms with E-state index in [0.717, 1.165) is 4.47 Å². The molecule has 0 amide bonds. The minimum Gasteiger partial charge on any atom is -0.337 e. The second-order valence-corrected chi connectivity index (χ2v) is 7.89. The summed E-state index contributed by atoms with van der Waals surface area (Å²) >= 11 is 3.26. The van der Waals surface area contributed by atoms with Crippen molar-refractivity contribution in [2.24, 2.45) is 0 Å². The fourth-order valence-electron chi connectivity index (χ4n) is 2.09. The zero-order valence-electron chi connectivity index (χ0n) is 13.0. The van der Waals surface area contributed by atoms with Crippen molar-refractivity contribution < 1.29 is 17.3 Å². The molecule has 1 unspecified atom stereocenters. The molecule has 6 nitrogen and oxygen atoms in total. The number of benzene rings is 2. The Bertz CT molecular complexity index is 973. The molecular weight excluding hydrogens is 413 g/mol. The first-order valence-corrected chi connectivity index (χ1v) is 9.50. The minimum absolute atomic E-state index is 0.111. The Morgan fingerprint density at radius 2 is 1.76 bits per heavy atom. The van der Waals surface area contributed by atoms with Crippen molar-refractivity contribution in [2.45, 2.75) is 17.9 Å². The van der Waals surface area contributed by atoms with Gasteiger partial charge in [0.15, 0.2) is 0 Å². The Morgan fingerprint density at radius 1 is 1.12 bits per heavy atom. The predicted molar refractivity (Wildman–Crippen MR) is 92.6 cm³/mol. The molecule has 0 saturated carbocycles. The largest absolute Gasteiger partial charge is 0.337 e. The van der Waals surface area contributed by atoms with E-state index >= 15 is 0 Å². The van der Waals surface area contributed by atoms with Gasteiger partial charge in [-0.1, -0.05) is 21.1 Å². The van der Waals surface area contributed by atoms with Gasteiger partial charge in [-0.2, -0.15) is 9.71 Å². The Kier molecular flexibility index (Phi) is 4.98. The molecule has 130 valence electrons. The molecule has 0 fully saturated rings. The van der Waals surface area contributed by atoms with Crippen molar-refractivity contribution >= 4 is 26.0 Å². The SMILES string of the molecule is CC(NS(=O)(=O)c1ccc(Br)cc1)c1nc(-c2ccc(F)cc2)no1. The maximum atomic E-state index is 13.0. The molecule has 1 N–H and O–H groups in total. The second kappa shape index (κ2) is 7.03. The number of nitrogens with zero attached hydrogens (tertiary/aromatic N) is 2. The normalized spacial score (nSPS) is 12.9. The van der Waals surface area contributed by atoms with Crippen LogP contribution in [-0.4, -0.2) is 18.6 Å². The van der Waals surface area contributed by atoms with Crippen LogP contribution in [-0.2, 0) is 10.0 Å². The highest BCUT2D eigenvalue weighted by atomic mass is 79.9. The van der Waals surface area contributed by atoms with Crippen molar-refractivity contribution in [3.05, 3.63) is 64.7 Å². The topological polar surface area (TPSA) is 85.1 Å². The molecule has 3 aromatic rings. The summed E-state index contributed by atoms with van der Waals surface area (Å²) in [4.78, 5) is 4.29. The molecule has 0 spiro atoms. The number of halogens is 2. The zero-order valence-corrected chi connectivity index (χ0v) is 15.4. The van der Waals surface area contributed by atoms with Gasteiger partial charge in [0.05, 0.1) is 10.9 Å². The van der Waals surface area contributed by atoms with Crippen LogP contribution in [0.25, 0.3) is 11.4 Å². The van der Waals surface area contributed by atoms with Gasteiger partial charge in [-0.15, -0.1) is 0 Å². The molecule has 3 rings (SSSR count). The number of rotatable bonds is 5. The van der Waals surface area contributed by atoms with E-state index in [0.29, 0.717) is 5.56 Å². The number of hydrogen-bond acceptors (Lipinski definition) is 5. The third kappa shape index (κ3) is 4.12. The lowest BCUT2D eigenvalue weighted by atomic mass is 10.2. The molecule has 0 aliphatic heterocycles.